The third-order valence-corrected chi connectivity index (χ3v) is 2.46. The maximum Gasteiger partial charge on any atom is 0.172 e. The summed E-state index contributed by atoms with van der Waals surface area (Å²) in [6.45, 7) is 0. The summed E-state index contributed by atoms with van der Waals surface area (Å²) in [5.74, 6) is -0.0512. The van der Waals surface area contributed by atoms with E-state index in [9.17, 15) is 4.79 Å². The van der Waals surface area contributed by atoms with Gasteiger partial charge in [0.25, 0.3) is 0 Å². The number of rotatable bonds is 1. The Hall–Kier alpha value is -1.80. The van der Waals surface area contributed by atoms with Gasteiger partial charge in [0.15, 0.2) is 5.78 Å². The lowest BCUT2D eigenvalue weighted by atomic mass is 9.88. The number of carbonyl (C=O) groups excluding carboxylic acids is 1. The SMILES string of the molecule is [N-]=[N+]=N[C@@H]1CCc2ccccc2C1=O. The van der Waals surface area contributed by atoms with E-state index in [1.807, 2.05) is 18.2 Å². The van der Waals surface area contributed by atoms with Crippen LogP contribution < -0.4 is 0 Å². The molecule has 0 fully saturated rings. The molecular weight excluding hydrogens is 178 g/mol. The lowest BCUT2D eigenvalue weighted by Gasteiger charge is -2.19. The Morgan fingerprint density at radius 1 is 1.43 bits per heavy atom. The van der Waals surface area contributed by atoms with Crippen molar-refractivity contribution in [3.63, 3.8) is 0 Å². The molecule has 2 rings (SSSR count). The Labute approximate surface area is 81.2 Å². The molecule has 0 aliphatic heterocycles. The first-order chi connectivity index (χ1) is 6.83. The first kappa shape index (κ1) is 8.78. The van der Waals surface area contributed by atoms with Gasteiger partial charge in [0.2, 0.25) is 0 Å². The molecule has 0 saturated carbocycles. The van der Waals surface area contributed by atoms with E-state index in [0.29, 0.717) is 12.0 Å². The van der Waals surface area contributed by atoms with Gasteiger partial charge in [-0.2, -0.15) is 0 Å². The smallest absolute Gasteiger partial charge is 0.172 e. The maximum atomic E-state index is 11.7. The van der Waals surface area contributed by atoms with Gasteiger partial charge in [0.05, 0.1) is 0 Å². The zero-order valence-electron chi connectivity index (χ0n) is 7.55. The second-order valence-electron chi connectivity index (χ2n) is 3.28. The number of carbonyl (C=O) groups is 1. The van der Waals surface area contributed by atoms with Crippen molar-refractivity contribution < 1.29 is 4.79 Å². The first-order valence-electron chi connectivity index (χ1n) is 4.49. The highest BCUT2D eigenvalue weighted by Gasteiger charge is 2.25. The van der Waals surface area contributed by atoms with Crippen LogP contribution in [-0.4, -0.2) is 11.8 Å². The van der Waals surface area contributed by atoms with Crippen molar-refractivity contribution in [2.45, 2.75) is 18.9 Å². The minimum Gasteiger partial charge on any atom is -0.294 e. The second-order valence-corrected chi connectivity index (χ2v) is 3.28. The molecule has 1 aliphatic carbocycles. The minimum atomic E-state index is -0.505. The highest BCUT2D eigenvalue weighted by atomic mass is 16.1. The molecule has 0 spiro atoms. The number of fused-ring (bicyclic) bond motifs is 1. The fourth-order valence-corrected chi connectivity index (χ4v) is 1.75. The van der Waals surface area contributed by atoms with Gasteiger partial charge in [-0.05, 0) is 23.9 Å². The van der Waals surface area contributed by atoms with Gasteiger partial charge in [-0.15, -0.1) is 0 Å². The number of Topliss-reactive ketones (excluding diaryl/α,β-unsaturated/α-hetero) is 1. The highest BCUT2D eigenvalue weighted by Crippen LogP contribution is 2.22. The van der Waals surface area contributed by atoms with Gasteiger partial charge in [0, 0.05) is 10.5 Å². The van der Waals surface area contributed by atoms with Crippen LogP contribution in [0.25, 0.3) is 10.4 Å². The molecule has 4 nitrogen and oxygen atoms in total. The van der Waals surface area contributed by atoms with Gasteiger partial charge < -0.3 is 0 Å². The van der Waals surface area contributed by atoms with Crippen LogP contribution in [0, 0.1) is 0 Å². The van der Waals surface area contributed by atoms with E-state index in [0.717, 1.165) is 12.0 Å². The van der Waals surface area contributed by atoms with Crippen LogP contribution in [0.3, 0.4) is 0 Å². The van der Waals surface area contributed by atoms with Gasteiger partial charge >= 0.3 is 0 Å². The van der Waals surface area contributed by atoms with Crippen LogP contribution in [0.15, 0.2) is 29.4 Å². The normalized spacial score (nSPS) is 19.7. The summed E-state index contributed by atoms with van der Waals surface area (Å²) in [6.07, 6.45) is 1.44. The van der Waals surface area contributed by atoms with Gasteiger partial charge in [-0.25, -0.2) is 0 Å². The first-order valence-corrected chi connectivity index (χ1v) is 4.49. The Balaban J connectivity index is 2.41. The van der Waals surface area contributed by atoms with Gasteiger partial charge in [-0.3, -0.25) is 4.79 Å². The Bertz CT molecular complexity index is 421. The predicted molar refractivity (Wildman–Crippen MR) is 52.0 cm³/mol. The molecule has 4 heteroatoms. The third-order valence-electron chi connectivity index (χ3n) is 2.46. The zero-order valence-corrected chi connectivity index (χ0v) is 7.55. The van der Waals surface area contributed by atoms with Crippen LogP contribution in [0.4, 0.5) is 0 Å². The number of hydrogen-bond acceptors (Lipinski definition) is 2. The van der Waals surface area contributed by atoms with Crippen LogP contribution in [-0.2, 0) is 6.42 Å². The summed E-state index contributed by atoms with van der Waals surface area (Å²) in [6, 6.07) is 6.97. The summed E-state index contributed by atoms with van der Waals surface area (Å²) >= 11 is 0. The van der Waals surface area contributed by atoms with E-state index in [2.05, 4.69) is 10.0 Å². The van der Waals surface area contributed by atoms with Crippen molar-refractivity contribution in [3.8, 4) is 0 Å². The molecule has 0 heterocycles. The minimum absolute atomic E-state index is 0.0512. The fraction of sp³-hybridized carbons (Fsp3) is 0.300. The number of ketones is 1. The summed E-state index contributed by atoms with van der Waals surface area (Å²) < 4.78 is 0. The fourth-order valence-electron chi connectivity index (χ4n) is 1.75. The number of benzene rings is 1. The maximum absolute atomic E-state index is 11.7. The third kappa shape index (κ3) is 1.36. The van der Waals surface area contributed by atoms with Gasteiger partial charge in [0.1, 0.15) is 6.04 Å². The average molecular weight is 187 g/mol. The summed E-state index contributed by atoms with van der Waals surface area (Å²) in [5.41, 5.74) is 10.1. The van der Waals surface area contributed by atoms with Crippen LogP contribution in [0.5, 0.6) is 0 Å². The summed E-state index contributed by atoms with van der Waals surface area (Å²) in [5, 5.41) is 3.49. The topological polar surface area (TPSA) is 65.8 Å². The lowest BCUT2D eigenvalue weighted by Crippen LogP contribution is -2.25. The molecule has 70 valence electrons. The van der Waals surface area contributed by atoms with Crippen molar-refractivity contribution in [1.82, 2.24) is 0 Å². The van der Waals surface area contributed by atoms with Crippen molar-refractivity contribution in [3.05, 3.63) is 45.8 Å². The highest BCUT2D eigenvalue weighted by molar-refractivity contribution is 6.02. The largest absolute Gasteiger partial charge is 0.294 e. The Kier molecular flexibility index (Phi) is 2.21. The molecule has 0 saturated heterocycles. The molecule has 0 amide bonds. The standard InChI is InChI=1S/C10H9N3O/c11-13-12-9-6-5-7-3-1-2-4-8(7)10(9)14/h1-4,9H,5-6H2/t9-/m1/s1. The zero-order chi connectivity index (χ0) is 9.97. The van der Waals surface area contributed by atoms with Crippen LogP contribution >= 0.6 is 0 Å². The van der Waals surface area contributed by atoms with Crippen LogP contribution in [0.1, 0.15) is 22.3 Å². The van der Waals surface area contributed by atoms with Crippen molar-refractivity contribution in [2.24, 2.45) is 5.11 Å². The number of azide groups is 1. The average Bonchev–Trinajstić information content (AvgIpc) is 2.23. The molecule has 0 aromatic heterocycles. The van der Waals surface area contributed by atoms with Gasteiger partial charge in [-0.1, -0.05) is 29.4 Å². The van der Waals surface area contributed by atoms with Crippen molar-refractivity contribution in [2.75, 3.05) is 0 Å². The van der Waals surface area contributed by atoms with E-state index in [1.165, 1.54) is 0 Å². The molecule has 0 unspecified atom stereocenters. The molecule has 0 radical (unpaired) electrons. The monoisotopic (exact) mass is 187 g/mol. The van der Waals surface area contributed by atoms with E-state index >= 15 is 0 Å². The van der Waals surface area contributed by atoms with E-state index in [1.54, 1.807) is 6.07 Å². The molecule has 0 bridgehead atoms. The summed E-state index contributed by atoms with van der Waals surface area (Å²) in [4.78, 5) is 14.4. The lowest BCUT2D eigenvalue weighted by molar-refractivity contribution is 0.0949. The van der Waals surface area contributed by atoms with Crippen molar-refractivity contribution in [1.29, 1.82) is 0 Å². The predicted octanol–water partition coefficient (Wildman–Crippen LogP) is 2.49. The molecule has 1 aliphatic rings. The molecular formula is C10H9N3O. The van der Waals surface area contributed by atoms with Crippen molar-refractivity contribution >= 4 is 5.78 Å². The second kappa shape index (κ2) is 3.52. The number of hydrogen-bond donors (Lipinski definition) is 0. The quantitative estimate of drug-likeness (QED) is 0.378. The number of aryl methyl sites for hydroxylation is 1. The number of nitrogens with zero attached hydrogens (tertiary/aromatic N) is 3. The van der Waals surface area contributed by atoms with Crippen LogP contribution in [0.2, 0.25) is 0 Å². The van der Waals surface area contributed by atoms with E-state index in [-0.39, 0.29) is 5.78 Å². The molecule has 1 aromatic rings. The van der Waals surface area contributed by atoms with E-state index < -0.39 is 6.04 Å². The molecule has 1 aromatic carbocycles. The molecule has 1 atom stereocenters. The summed E-state index contributed by atoms with van der Waals surface area (Å²) in [7, 11) is 0. The Morgan fingerprint density at radius 3 is 3.00 bits per heavy atom. The Morgan fingerprint density at radius 2 is 2.21 bits per heavy atom. The molecule has 14 heavy (non-hydrogen) atoms. The molecule has 0 N–H and O–H groups in total. The van der Waals surface area contributed by atoms with E-state index in [4.69, 9.17) is 5.53 Å².